The number of methoxy groups -OCH3 is 1. The van der Waals surface area contributed by atoms with Crippen molar-refractivity contribution < 1.29 is 23.9 Å². The molecule has 4 rings (SSSR count). The smallest absolute Gasteiger partial charge is 0.335 e. The first-order valence-electron chi connectivity index (χ1n) is 11.0. The molecule has 1 heterocycles. The second-order valence-electron chi connectivity index (χ2n) is 7.76. The monoisotopic (exact) mass is 490 g/mol. The summed E-state index contributed by atoms with van der Waals surface area (Å²) in [4.78, 5) is 39.6. The Balaban J connectivity index is 1.71. The van der Waals surface area contributed by atoms with Crippen molar-refractivity contribution in [2.24, 2.45) is 0 Å². The molecule has 178 valence electrons. The third kappa shape index (κ3) is 5.20. The molecule has 0 aliphatic carbocycles. The van der Waals surface area contributed by atoms with Gasteiger partial charge < -0.3 is 9.47 Å². The number of amides is 4. The zero-order valence-electron chi connectivity index (χ0n) is 19.2. The predicted octanol–water partition coefficient (Wildman–Crippen LogP) is 5.16. The fraction of sp³-hybridized carbons (Fsp3) is 0.148. The van der Waals surface area contributed by atoms with Crippen LogP contribution in [0.1, 0.15) is 23.6 Å². The van der Waals surface area contributed by atoms with Crippen molar-refractivity contribution >= 4 is 41.2 Å². The minimum atomic E-state index is -0.787. The molecule has 1 saturated heterocycles. The molecule has 1 aliphatic heterocycles. The van der Waals surface area contributed by atoms with Crippen LogP contribution < -0.4 is 19.7 Å². The van der Waals surface area contributed by atoms with Crippen molar-refractivity contribution in [1.29, 1.82) is 0 Å². The van der Waals surface area contributed by atoms with E-state index in [1.165, 1.54) is 13.2 Å². The van der Waals surface area contributed by atoms with Crippen LogP contribution in [0.2, 0.25) is 5.02 Å². The molecule has 0 atom stereocenters. The van der Waals surface area contributed by atoms with Crippen molar-refractivity contribution in [3.63, 3.8) is 0 Å². The highest BCUT2D eigenvalue weighted by Gasteiger charge is 2.37. The van der Waals surface area contributed by atoms with Gasteiger partial charge in [-0.1, -0.05) is 48.9 Å². The van der Waals surface area contributed by atoms with E-state index in [4.69, 9.17) is 21.1 Å². The summed E-state index contributed by atoms with van der Waals surface area (Å²) in [7, 11) is 1.53. The summed E-state index contributed by atoms with van der Waals surface area (Å²) >= 11 is 6.06. The van der Waals surface area contributed by atoms with Crippen molar-refractivity contribution in [3.05, 3.63) is 94.0 Å². The Kier molecular flexibility index (Phi) is 7.17. The van der Waals surface area contributed by atoms with Gasteiger partial charge in [0.25, 0.3) is 11.8 Å². The summed E-state index contributed by atoms with van der Waals surface area (Å²) in [5.41, 5.74) is 2.37. The summed E-state index contributed by atoms with van der Waals surface area (Å²) in [5.74, 6) is -0.547. The summed E-state index contributed by atoms with van der Waals surface area (Å²) in [6, 6.07) is 18.6. The first kappa shape index (κ1) is 24.0. The Bertz CT molecular complexity index is 1330. The Hall–Kier alpha value is -4.10. The molecule has 8 heteroatoms. The molecular weight excluding hydrogens is 468 g/mol. The van der Waals surface area contributed by atoms with Crippen LogP contribution in [0.15, 0.2) is 72.3 Å². The van der Waals surface area contributed by atoms with Gasteiger partial charge in [0.2, 0.25) is 0 Å². The van der Waals surface area contributed by atoms with Crippen molar-refractivity contribution in [3.8, 4) is 11.5 Å². The minimum Gasteiger partial charge on any atom is -0.497 e. The first-order valence-corrected chi connectivity index (χ1v) is 11.3. The Labute approximate surface area is 207 Å². The number of halogens is 1. The van der Waals surface area contributed by atoms with Crippen LogP contribution in [0.5, 0.6) is 11.5 Å². The van der Waals surface area contributed by atoms with Gasteiger partial charge in [0.15, 0.2) is 0 Å². The van der Waals surface area contributed by atoms with E-state index in [1.807, 2.05) is 31.2 Å². The molecule has 0 bridgehead atoms. The molecule has 0 unspecified atom stereocenters. The lowest BCUT2D eigenvalue weighted by Crippen LogP contribution is -2.54. The third-order valence-corrected chi connectivity index (χ3v) is 5.75. The SMILES string of the molecule is CCc1ccccc1N1C(=O)NC(=O)/C(=C/c2ccc(OC)cc2OCc2cccc(Cl)c2)C1=O. The van der Waals surface area contributed by atoms with Crippen molar-refractivity contribution in [1.82, 2.24) is 5.32 Å². The molecule has 0 spiro atoms. The van der Waals surface area contributed by atoms with Crippen LogP contribution in [0.25, 0.3) is 6.08 Å². The van der Waals surface area contributed by atoms with Crippen LogP contribution in [0, 0.1) is 0 Å². The summed E-state index contributed by atoms with van der Waals surface area (Å²) < 4.78 is 11.3. The van der Waals surface area contributed by atoms with Crippen LogP contribution in [-0.4, -0.2) is 25.0 Å². The Morgan fingerprint density at radius 3 is 2.54 bits per heavy atom. The Morgan fingerprint density at radius 2 is 1.80 bits per heavy atom. The van der Waals surface area contributed by atoms with Crippen molar-refractivity contribution in [2.45, 2.75) is 20.0 Å². The lowest BCUT2D eigenvalue weighted by Gasteiger charge is -2.28. The van der Waals surface area contributed by atoms with Gasteiger partial charge in [0.1, 0.15) is 23.7 Å². The van der Waals surface area contributed by atoms with Gasteiger partial charge in [-0.3, -0.25) is 14.9 Å². The molecule has 7 nitrogen and oxygen atoms in total. The van der Waals surface area contributed by atoms with Crippen LogP contribution >= 0.6 is 11.6 Å². The number of hydrogen-bond acceptors (Lipinski definition) is 5. The first-order chi connectivity index (χ1) is 16.9. The van der Waals surface area contributed by atoms with Crippen molar-refractivity contribution in [2.75, 3.05) is 12.0 Å². The highest BCUT2D eigenvalue weighted by atomic mass is 35.5. The fourth-order valence-electron chi connectivity index (χ4n) is 3.73. The van der Waals surface area contributed by atoms with E-state index in [0.717, 1.165) is 16.0 Å². The van der Waals surface area contributed by atoms with E-state index in [2.05, 4.69) is 5.32 Å². The molecule has 0 radical (unpaired) electrons. The van der Waals surface area contributed by atoms with Gasteiger partial charge >= 0.3 is 6.03 Å². The molecule has 1 aliphatic rings. The number of anilines is 1. The highest BCUT2D eigenvalue weighted by molar-refractivity contribution is 6.39. The number of benzene rings is 3. The molecule has 3 aromatic carbocycles. The van der Waals surface area contributed by atoms with Crippen LogP contribution in [0.4, 0.5) is 10.5 Å². The highest BCUT2D eigenvalue weighted by Crippen LogP contribution is 2.30. The van der Waals surface area contributed by atoms with E-state index in [0.29, 0.717) is 34.2 Å². The number of para-hydroxylation sites is 1. The number of nitrogens with zero attached hydrogens (tertiary/aromatic N) is 1. The maximum absolute atomic E-state index is 13.4. The summed E-state index contributed by atoms with van der Waals surface area (Å²) in [6.07, 6.45) is 2.03. The lowest BCUT2D eigenvalue weighted by molar-refractivity contribution is -0.122. The quantitative estimate of drug-likeness (QED) is 0.365. The van der Waals surface area contributed by atoms with Gasteiger partial charge in [0, 0.05) is 16.7 Å². The number of hydrogen-bond donors (Lipinski definition) is 1. The number of aryl methyl sites for hydroxylation is 1. The number of barbiturate groups is 1. The number of imide groups is 2. The van der Waals surface area contributed by atoms with Crippen LogP contribution in [-0.2, 0) is 22.6 Å². The Morgan fingerprint density at radius 1 is 1.00 bits per heavy atom. The number of ether oxygens (including phenoxy) is 2. The van der Waals surface area contributed by atoms with Gasteiger partial charge in [-0.2, -0.15) is 0 Å². The molecule has 35 heavy (non-hydrogen) atoms. The topological polar surface area (TPSA) is 84.9 Å². The zero-order chi connectivity index (χ0) is 24.9. The number of nitrogens with one attached hydrogen (secondary N) is 1. The summed E-state index contributed by atoms with van der Waals surface area (Å²) in [6.45, 7) is 2.13. The minimum absolute atomic E-state index is 0.187. The average Bonchev–Trinajstić information content (AvgIpc) is 2.86. The number of urea groups is 1. The van der Waals surface area contributed by atoms with E-state index in [1.54, 1.807) is 42.5 Å². The molecule has 4 amide bonds. The molecule has 1 fully saturated rings. The summed E-state index contributed by atoms with van der Waals surface area (Å²) in [5, 5.41) is 2.85. The van der Waals surface area contributed by atoms with Gasteiger partial charge in [0.05, 0.1) is 12.8 Å². The maximum Gasteiger partial charge on any atom is 0.335 e. The van der Waals surface area contributed by atoms with Gasteiger partial charge in [-0.05, 0) is 54.0 Å². The predicted molar refractivity (Wildman–Crippen MR) is 134 cm³/mol. The average molecular weight is 491 g/mol. The standard InChI is InChI=1S/C27H23ClN2O5/c1-3-18-8-4-5-10-23(18)30-26(32)22(25(31)29-27(30)33)14-19-11-12-21(34-2)15-24(19)35-16-17-7-6-9-20(28)13-17/h4-15H,3,16H2,1-2H3,(H,29,31,33)/b22-14-. The largest absolute Gasteiger partial charge is 0.497 e. The number of rotatable bonds is 7. The second kappa shape index (κ2) is 10.4. The second-order valence-corrected chi connectivity index (χ2v) is 8.20. The third-order valence-electron chi connectivity index (χ3n) is 5.52. The van der Waals surface area contributed by atoms with E-state index >= 15 is 0 Å². The molecule has 1 N–H and O–H groups in total. The van der Waals surface area contributed by atoms with Gasteiger partial charge in [-0.25, -0.2) is 9.69 Å². The lowest BCUT2D eigenvalue weighted by atomic mass is 10.0. The molecule has 0 saturated carbocycles. The molecular formula is C27H23ClN2O5. The normalized spacial score (nSPS) is 14.8. The van der Waals surface area contributed by atoms with E-state index in [-0.39, 0.29) is 12.2 Å². The molecule has 3 aromatic rings. The van der Waals surface area contributed by atoms with Gasteiger partial charge in [-0.15, -0.1) is 0 Å². The molecule has 0 aromatic heterocycles. The fourth-order valence-corrected chi connectivity index (χ4v) is 3.95. The maximum atomic E-state index is 13.4. The van der Waals surface area contributed by atoms with Crippen LogP contribution in [0.3, 0.4) is 0 Å². The van der Waals surface area contributed by atoms with E-state index < -0.39 is 17.8 Å². The zero-order valence-corrected chi connectivity index (χ0v) is 20.0. The number of carbonyl (C=O) groups is 3. The number of carbonyl (C=O) groups excluding carboxylic acids is 3. The van der Waals surface area contributed by atoms with E-state index in [9.17, 15) is 14.4 Å².